The van der Waals surface area contributed by atoms with E-state index in [0.29, 0.717) is 27.7 Å². The highest BCUT2D eigenvalue weighted by Gasteiger charge is 2.32. The molecule has 7 nitrogen and oxygen atoms in total. The van der Waals surface area contributed by atoms with Crippen molar-refractivity contribution < 1.29 is 13.5 Å². The van der Waals surface area contributed by atoms with Gasteiger partial charge in [-0.25, -0.2) is 23.7 Å². The Hall–Kier alpha value is -3.45. The minimum absolute atomic E-state index is 0.0422. The molecule has 10 heteroatoms. The lowest BCUT2D eigenvalue weighted by Crippen LogP contribution is -2.29. The van der Waals surface area contributed by atoms with E-state index in [2.05, 4.69) is 31.2 Å². The van der Waals surface area contributed by atoms with Gasteiger partial charge in [-0.2, -0.15) is 0 Å². The molecular weight excluding hydrogens is 434 g/mol. The molecule has 0 saturated heterocycles. The number of nitrogens with two attached hydrogens (primary N) is 1. The Bertz CT molecular complexity index is 1250. The fourth-order valence-corrected chi connectivity index (χ4v) is 4.35. The highest BCUT2D eigenvalue weighted by atomic mass is 32.2. The Morgan fingerprint density at radius 3 is 2.88 bits per heavy atom. The second kappa shape index (κ2) is 8.96. The van der Waals surface area contributed by atoms with Crippen molar-refractivity contribution in [2.24, 2.45) is 16.6 Å². The molecule has 0 bridgehead atoms. The molecule has 3 heterocycles. The quantitative estimate of drug-likeness (QED) is 0.558. The van der Waals surface area contributed by atoms with Crippen molar-refractivity contribution in [2.75, 3.05) is 11.9 Å². The Kier molecular flexibility index (Phi) is 6.10. The summed E-state index contributed by atoms with van der Waals surface area (Å²) in [4.78, 5) is 17.3. The van der Waals surface area contributed by atoms with Crippen LogP contribution in [0.2, 0.25) is 0 Å². The number of hydrogen-bond acceptors (Lipinski definition) is 8. The highest BCUT2D eigenvalue weighted by molar-refractivity contribution is 8.14. The summed E-state index contributed by atoms with van der Waals surface area (Å²) in [6.45, 7) is 4.00. The summed E-state index contributed by atoms with van der Waals surface area (Å²) >= 11 is 1.42. The van der Waals surface area contributed by atoms with Gasteiger partial charge in [0.25, 0.3) is 0 Å². The smallest absolute Gasteiger partial charge is 0.233 e. The van der Waals surface area contributed by atoms with Crippen LogP contribution in [-0.2, 0) is 0 Å². The zero-order chi connectivity index (χ0) is 22.8. The van der Waals surface area contributed by atoms with Gasteiger partial charge in [-0.05, 0) is 18.1 Å². The first-order chi connectivity index (χ1) is 15.4. The van der Waals surface area contributed by atoms with Crippen molar-refractivity contribution in [3.63, 3.8) is 0 Å². The maximum atomic E-state index is 14.7. The summed E-state index contributed by atoms with van der Waals surface area (Å²) in [5, 5.41) is 3.48. The molecule has 0 fully saturated rings. The number of amidine groups is 1. The first-order valence-corrected chi connectivity index (χ1v) is 10.7. The van der Waals surface area contributed by atoms with Crippen LogP contribution in [0.3, 0.4) is 0 Å². The number of benzene rings is 1. The minimum atomic E-state index is -0.992. The molecule has 2 aromatic heterocycles. The number of aromatic nitrogens is 3. The van der Waals surface area contributed by atoms with Crippen molar-refractivity contribution in [3.05, 3.63) is 47.8 Å². The molecule has 2 unspecified atom stereocenters. The molecule has 0 radical (unpaired) electrons. The second-order valence-corrected chi connectivity index (χ2v) is 8.71. The van der Waals surface area contributed by atoms with Crippen molar-refractivity contribution in [1.29, 1.82) is 0 Å². The van der Waals surface area contributed by atoms with Gasteiger partial charge in [0.1, 0.15) is 5.52 Å². The molecule has 0 amide bonds. The van der Waals surface area contributed by atoms with E-state index in [4.69, 9.17) is 16.9 Å². The van der Waals surface area contributed by atoms with Crippen molar-refractivity contribution in [2.45, 2.75) is 25.1 Å². The molecule has 0 aliphatic carbocycles. The summed E-state index contributed by atoms with van der Waals surface area (Å²) in [7, 11) is 0. The molecule has 3 aromatic rings. The summed E-state index contributed by atoms with van der Waals surface area (Å²) < 4.78 is 34.6. The first kappa shape index (κ1) is 21.8. The molecule has 0 saturated carbocycles. The molecule has 1 aromatic carbocycles. The van der Waals surface area contributed by atoms with Crippen LogP contribution in [0.15, 0.2) is 35.6 Å². The number of terminal acetylenes is 1. The predicted molar refractivity (Wildman–Crippen MR) is 122 cm³/mol. The third-order valence-electron chi connectivity index (χ3n) is 5.19. The number of nitrogens with zero attached hydrogens (tertiary/aromatic N) is 4. The average Bonchev–Trinajstić information content (AvgIpc) is 2.77. The maximum absolute atomic E-state index is 14.7. The third kappa shape index (κ3) is 4.29. The number of pyridine rings is 1. The monoisotopic (exact) mass is 454 g/mol. The van der Waals surface area contributed by atoms with E-state index in [-0.39, 0.29) is 29.2 Å². The van der Waals surface area contributed by atoms with Crippen LogP contribution < -0.4 is 15.8 Å². The van der Waals surface area contributed by atoms with E-state index in [1.54, 1.807) is 6.07 Å². The van der Waals surface area contributed by atoms with Crippen molar-refractivity contribution in [1.82, 2.24) is 15.0 Å². The topological polar surface area (TPSA) is 98.3 Å². The fourth-order valence-electron chi connectivity index (χ4n) is 3.43. The lowest BCUT2D eigenvalue weighted by atomic mass is 9.91. The lowest BCUT2D eigenvalue weighted by Gasteiger charge is -2.31. The SMILES string of the molecule is C#CCOc1cnc2c(Nc3cc(F)c(F)c(C4N=C(N)SC(C)[C@H]4C)c3)nccc2n1. The number of fused-ring (bicyclic) bond motifs is 1. The summed E-state index contributed by atoms with van der Waals surface area (Å²) in [6.07, 6.45) is 8.14. The Balaban J connectivity index is 1.71. The summed E-state index contributed by atoms with van der Waals surface area (Å²) in [5.74, 6) is 0.991. The van der Waals surface area contributed by atoms with Crippen LogP contribution in [0.25, 0.3) is 11.0 Å². The van der Waals surface area contributed by atoms with Crippen molar-refractivity contribution >= 4 is 39.5 Å². The van der Waals surface area contributed by atoms with Gasteiger partial charge in [-0.15, -0.1) is 6.42 Å². The summed E-state index contributed by atoms with van der Waals surface area (Å²) in [5.41, 5.74) is 7.28. The number of aliphatic imine (C=N–C) groups is 1. The molecule has 4 rings (SSSR count). The molecule has 1 aliphatic rings. The first-order valence-electron chi connectivity index (χ1n) is 9.81. The lowest BCUT2D eigenvalue weighted by molar-refractivity contribution is 0.355. The molecule has 32 heavy (non-hydrogen) atoms. The number of ether oxygens (including phenoxy) is 1. The van der Waals surface area contributed by atoms with Crippen LogP contribution in [0.5, 0.6) is 5.88 Å². The predicted octanol–water partition coefficient (Wildman–Crippen LogP) is 4.19. The zero-order valence-corrected chi connectivity index (χ0v) is 18.2. The molecule has 1 aliphatic heterocycles. The van der Waals surface area contributed by atoms with Gasteiger partial charge >= 0.3 is 0 Å². The average molecular weight is 455 g/mol. The minimum Gasteiger partial charge on any atom is -0.463 e. The van der Waals surface area contributed by atoms with Crippen molar-refractivity contribution in [3.8, 4) is 18.2 Å². The van der Waals surface area contributed by atoms with Gasteiger partial charge in [-0.1, -0.05) is 31.5 Å². The van der Waals surface area contributed by atoms with Gasteiger partial charge in [0.05, 0.1) is 17.8 Å². The standard InChI is InChI=1S/C22H20F2N6OS/c1-4-7-31-17-10-27-20-16(29-17)5-6-26-21(20)28-13-8-14(18(24)15(23)9-13)19-11(2)12(3)32-22(25)30-19/h1,5-6,8-12,19H,7H2,2-3H3,(H2,25,30)(H,26,28)/t11-,12?,19?/m1/s1. The number of anilines is 2. The highest BCUT2D eigenvalue weighted by Crippen LogP contribution is 2.40. The van der Waals surface area contributed by atoms with Gasteiger partial charge in [0.2, 0.25) is 5.88 Å². The van der Waals surface area contributed by atoms with Gasteiger partial charge in [-0.3, -0.25) is 4.99 Å². The molecular formula is C22H20F2N6OS. The fraction of sp³-hybridized carbons (Fsp3) is 0.273. The zero-order valence-electron chi connectivity index (χ0n) is 17.3. The van der Waals surface area contributed by atoms with Crippen LogP contribution in [0.4, 0.5) is 20.3 Å². The van der Waals surface area contributed by atoms with E-state index in [0.717, 1.165) is 6.07 Å². The molecule has 3 atom stereocenters. The molecule has 164 valence electrons. The second-order valence-electron chi connectivity index (χ2n) is 7.31. The Morgan fingerprint density at radius 2 is 2.09 bits per heavy atom. The summed E-state index contributed by atoms with van der Waals surface area (Å²) in [6, 6.07) is 3.65. The van der Waals surface area contributed by atoms with Gasteiger partial charge < -0.3 is 15.8 Å². The number of thioether (sulfide) groups is 1. The van der Waals surface area contributed by atoms with Crippen LogP contribution in [0.1, 0.15) is 25.5 Å². The largest absolute Gasteiger partial charge is 0.463 e. The Morgan fingerprint density at radius 1 is 1.28 bits per heavy atom. The van der Waals surface area contributed by atoms with E-state index in [1.165, 1.54) is 30.2 Å². The van der Waals surface area contributed by atoms with Gasteiger partial charge in [0, 0.05) is 28.8 Å². The maximum Gasteiger partial charge on any atom is 0.233 e. The number of nitrogens with one attached hydrogen (secondary N) is 1. The van der Waals surface area contributed by atoms with Crippen LogP contribution >= 0.6 is 11.8 Å². The van der Waals surface area contributed by atoms with Gasteiger partial charge in [0.15, 0.2) is 29.2 Å². The van der Waals surface area contributed by atoms with E-state index in [9.17, 15) is 8.78 Å². The number of halogens is 2. The molecule has 3 N–H and O–H groups in total. The van der Waals surface area contributed by atoms with E-state index in [1.807, 2.05) is 13.8 Å². The number of rotatable bonds is 5. The Labute approximate surface area is 187 Å². The van der Waals surface area contributed by atoms with Crippen LogP contribution in [-0.4, -0.2) is 32.0 Å². The van der Waals surface area contributed by atoms with E-state index < -0.39 is 17.7 Å². The van der Waals surface area contributed by atoms with Crippen LogP contribution in [0, 0.1) is 29.9 Å². The molecule has 0 spiro atoms. The normalized spacial score (nSPS) is 20.5. The number of hydrogen-bond donors (Lipinski definition) is 2. The van der Waals surface area contributed by atoms with E-state index >= 15 is 0 Å². The third-order valence-corrected chi connectivity index (χ3v) is 6.34.